The lowest BCUT2D eigenvalue weighted by Crippen LogP contribution is -2.48. The Morgan fingerprint density at radius 3 is 2.54 bits per heavy atom. The van der Waals surface area contributed by atoms with Crippen molar-refractivity contribution in [2.24, 2.45) is 0 Å². The monoisotopic (exact) mass is 490 g/mol. The van der Waals surface area contributed by atoms with Crippen LogP contribution in [0, 0.1) is 0 Å². The number of hydrogen-bond donors (Lipinski definition) is 1. The van der Waals surface area contributed by atoms with Gasteiger partial charge < -0.3 is 19.7 Å². The third-order valence-electron chi connectivity index (χ3n) is 6.34. The Kier molecular flexibility index (Phi) is 7.01. The molecule has 0 aliphatic carbocycles. The van der Waals surface area contributed by atoms with Gasteiger partial charge in [-0.25, -0.2) is 4.98 Å². The first kappa shape index (κ1) is 23.4. The number of carbonyl (C=O) groups excluding carboxylic acids is 1. The minimum absolute atomic E-state index is 0.106. The number of nitrogens with zero attached hydrogens (tertiary/aromatic N) is 3. The molecule has 5 rings (SSSR count). The minimum atomic E-state index is -0.106. The molecule has 0 saturated carbocycles. The molecular weight excluding hydrogens is 460 g/mol. The van der Waals surface area contributed by atoms with Crippen LogP contribution >= 0.6 is 11.3 Å². The lowest BCUT2D eigenvalue weighted by atomic mass is 10.1. The van der Waals surface area contributed by atoms with E-state index in [-0.39, 0.29) is 5.91 Å². The van der Waals surface area contributed by atoms with Gasteiger partial charge in [-0.1, -0.05) is 41.7 Å². The summed E-state index contributed by atoms with van der Waals surface area (Å²) in [6.45, 7) is 7.72. The van der Waals surface area contributed by atoms with Crippen LogP contribution in [0.5, 0.6) is 11.5 Å². The summed E-state index contributed by atoms with van der Waals surface area (Å²) in [6, 6.07) is 17.9. The fraction of sp³-hybridized carbons (Fsp3) is 0.333. The Balaban J connectivity index is 1.15. The molecule has 3 aromatic carbocycles. The fourth-order valence-corrected chi connectivity index (χ4v) is 5.50. The van der Waals surface area contributed by atoms with E-state index in [1.807, 2.05) is 55.5 Å². The van der Waals surface area contributed by atoms with Gasteiger partial charge in [0.15, 0.2) is 5.13 Å². The van der Waals surface area contributed by atoms with Crippen molar-refractivity contribution in [1.29, 1.82) is 0 Å². The molecule has 0 unspecified atom stereocenters. The molecule has 0 atom stereocenters. The van der Waals surface area contributed by atoms with E-state index in [1.54, 1.807) is 18.4 Å². The summed E-state index contributed by atoms with van der Waals surface area (Å²) in [5.74, 6) is 1.34. The largest absolute Gasteiger partial charge is 0.496 e. The number of anilines is 1. The number of hydrogen-bond acceptors (Lipinski definition) is 7. The molecule has 182 valence electrons. The van der Waals surface area contributed by atoms with Gasteiger partial charge in [0, 0.05) is 39.3 Å². The second-order valence-electron chi connectivity index (χ2n) is 8.52. The highest BCUT2D eigenvalue weighted by molar-refractivity contribution is 7.22. The van der Waals surface area contributed by atoms with Crippen LogP contribution in [0.1, 0.15) is 17.3 Å². The number of aromatic nitrogens is 1. The number of rotatable bonds is 8. The molecule has 1 saturated heterocycles. The second-order valence-corrected chi connectivity index (χ2v) is 9.53. The van der Waals surface area contributed by atoms with Gasteiger partial charge in [-0.3, -0.25) is 9.69 Å². The van der Waals surface area contributed by atoms with E-state index in [4.69, 9.17) is 14.5 Å². The molecule has 0 radical (unpaired) electrons. The quantitative estimate of drug-likeness (QED) is 0.395. The van der Waals surface area contributed by atoms with Crippen LogP contribution in [0.3, 0.4) is 0 Å². The molecule has 8 heteroatoms. The Bertz CT molecular complexity index is 1330. The summed E-state index contributed by atoms with van der Waals surface area (Å²) in [4.78, 5) is 22.5. The van der Waals surface area contributed by atoms with Gasteiger partial charge in [-0.15, -0.1) is 0 Å². The minimum Gasteiger partial charge on any atom is -0.496 e. The number of fused-ring (bicyclic) bond motifs is 2. The summed E-state index contributed by atoms with van der Waals surface area (Å²) < 4.78 is 12.4. The smallest absolute Gasteiger partial charge is 0.255 e. The molecule has 1 fully saturated rings. The van der Waals surface area contributed by atoms with Gasteiger partial charge >= 0.3 is 0 Å². The molecular formula is C27H30N4O3S. The number of ether oxygens (including phenoxy) is 2. The van der Waals surface area contributed by atoms with Crippen LogP contribution in [0.4, 0.5) is 5.13 Å². The van der Waals surface area contributed by atoms with E-state index in [2.05, 4.69) is 21.2 Å². The second kappa shape index (κ2) is 10.5. The zero-order chi connectivity index (χ0) is 24.2. The van der Waals surface area contributed by atoms with Crippen molar-refractivity contribution in [2.75, 3.05) is 57.9 Å². The van der Waals surface area contributed by atoms with Crippen LogP contribution in [0.25, 0.3) is 21.0 Å². The molecule has 0 spiro atoms. The van der Waals surface area contributed by atoms with Crippen LogP contribution in [-0.2, 0) is 0 Å². The molecule has 4 aromatic rings. The maximum absolute atomic E-state index is 12.9. The molecule has 1 aromatic heterocycles. The summed E-state index contributed by atoms with van der Waals surface area (Å²) in [5, 5.41) is 6.19. The number of thiazole rings is 1. The van der Waals surface area contributed by atoms with Gasteiger partial charge in [0.2, 0.25) is 0 Å². The zero-order valence-corrected chi connectivity index (χ0v) is 20.9. The standard InChI is InChI=1S/C27H30N4O3S/c1-3-34-22-9-6-10-24-25(22)29-27(35-24)31-15-13-30(14-16-31)12-11-28-26(32)21-17-19-7-4-5-8-20(19)18-23(21)33-2/h4-10,17-18H,3,11-16H2,1-2H3,(H,28,32). The van der Waals surface area contributed by atoms with Gasteiger partial charge in [-0.05, 0) is 42.0 Å². The summed E-state index contributed by atoms with van der Waals surface area (Å²) >= 11 is 1.72. The predicted molar refractivity (Wildman–Crippen MR) is 142 cm³/mol. The van der Waals surface area contributed by atoms with Crippen molar-refractivity contribution >= 4 is 43.4 Å². The first-order chi connectivity index (χ1) is 17.2. The number of carbonyl (C=O) groups is 1. The van der Waals surface area contributed by atoms with E-state index in [9.17, 15) is 4.79 Å². The maximum atomic E-state index is 12.9. The lowest BCUT2D eigenvalue weighted by Gasteiger charge is -2.34. The molecule has 1 aliphatic heterocycles. The third-order valence-corrected chi connectivity index (χ3v) is 7.42. The lowest BCUT2D eigenvalue weighted by molar-refractivity contribution is 0.0945. The molecule has 2 heterocycles. The van der Waals surface area contributed by atoms with Crippen molar-refractivity contribution in [3.8, 4) is 11.5 Å². The third kappa shape index (κ3) is 5.04. The van der Waals surface area contributed by atoms with Crippen molar-refractivity contribution in [3.05, 3.63) is 60.2 Å². The van der Waals surface area contributed by atoms with Crippen LogP contribution in [-0.4, -0.2) is 68.8 Å². The maximum Gasteiger partial charge on any atom is 0.255 e. The highest BCUT2D eigenvalue weighted by Gasteiger charge is 2.21. The SMILES string of the molecule is CCOc1cccc2sc(N3CCN(CCNC(=O)c4cc5ccccc5cc4OC)CC3)nc12. The number of para-hydroxylation sites is 1. The molecule has 1 aliphatic rings. The fourth-order valence-electron chi connectivity index (χ4n) is 4.47. The van der Waals surface area contributed by atoms with Gasteiger partial charge in [0.1, 0.15) is 17.0 Å². The van der Waals surface area contributed by atoms with Crippen molar-refractivity contribution in [2.45, 2.75) is 6.92 Å². The van der Waals surface area contributed by atoms with Crippen LogP contribution < -0.4 is 19.7 Å². The van der Waals surface area contributed by atoms with E-state index in [0.717, 1.165) is 64.6 Å². The normalized spacial score (nSPS) is 14.4. The van der Waals surface area contributed by atoms with E-state index in [1.165, 1.54) is 0 Å². The van der Waals surface area contributed by atoms with E-state index < -0.39 is 0 Å². The first-order valence-corrected chi connectivity index (χ1v) is 12.8. The van der Waals surface area contributed by atoms with Crippen LogP contribution in [0.2, 0.25) is 0 Å². The number of nitrogens with one attached hydrogen (secondary N) is 1. The highest BCUT2D eigenvalue weighted by Crippen LogP contribution is 2.34. The number of methoxy groups -OCH3 is 1. The molecule has 0 bridgehead atoms. The summed E-state index contributed by atoms with van der Waals surface area (Å²) in [7, 11) is 1.60. The average molecular weight is 491 g/mol. The van der Waals surface area contributed by atoms with E-state index >= 15 is 0 Å². The summed E-state index contributed by atoms with van der Waals surface area (Å²) in [6.07, 6.45) is 0. The molecule has 7 nitrogen and oxygen atoms in total. The molecule has 35 heavy (non-hydrogen) atoms. The Morgan fingerprint density at radius 2 is 1.80 bits per heavy atom. The number of benzene rings is 3. The highest BCUT2D eigenvalue weighted by atomic mass is 32.1. The predicted octanol–water partition coefficient (Wildman–Crippen LogP) is 4.41. The number of piperazine rings is 1. The van der Waals surface area contributed by atoms with Gasteiger partial charge in [-0.2, -0.15) is 0 Å². The zero-order valence-electron chi connectivity index (χ0n) is 20.1. The Hall–Kier alpha value is -3.36. The van der Waals surface area contributed by atoms with Crippen molar-refractivity contribution in [3.63, 3.8) is 0 Å². The summed E-state index contributed by atoms with van der Waals surface area (Å²) in [5.41, 5.74) is 1.52. The Morgan fingerprint density at radius 1 is 1.03 bits per heavy atom. The first-order valence-electron chi connectivity index (χ1n) is 12.0. The molecule has 1 amide bonds. The van der Waals surface area contributed by atoms with Crippen molar-refractivity contribution < 1.29 is 14.3 Å². The van der Waals surface area contributed by atoms with E-state index in [0.29, 0.717) is 24.5 Å². The topological polar surface area (TPSA) is 66.9 Å². The molecule has 1 N–H and O–H groups in total. The van der Waals surface area contributed by atoms with Crippen molar-refractivity contribution in [1.82, 2.24) is 15.2 Å². The Labute approximate surface area is 209 Å². The number of amides is 1. The van der Waals surface area contributed by atoms with Gasteiger partial charge in [0.05, 0.1) is 24.0 Å². The van der Waals surface area contributed by atoms with Gasteiger partial charge in [0.25, 0.3) is 5.91 Å². The van der Waals surface area contributed by atoms with Crippen LogP contribution in [0.15, 0.2) is 54.6 Å². The average Bonchev–Trinajstić information content (AvgIpc) is 3.34.